The molecule has 31 heavy (non-hydrogen) atoms. The summed E-state index contributed by atoms with van der Waals surface area (Å²) in [5.41, 5.74) is 4.75. The third kappa shape index (κ3) is 5.83. The molecular formula is C24H32N4O3. The molecule has 7 nitrogen and oxygen atoms in total. The summed E-state index contributed by atoms with van der Waals surface area (Å²) in [6, 6.07) is 14.0. The Morgan fingerprint density at radius 3 is 2.19 bits per heavy atom. The molecule has 0 aliphatic carbocycles. The molecule has 166 valence electrons. The Hall–Kier alpha value is -2.90. The lowest BCUT2D eigenvalue weighted by Crippen LogP contribution is -2.45. The van der Waals surface area contributed by atoms with E-state index in [-0.39, 0.29) is 6.04 Å². The number of morpholine rings is 1. The van der Waals surface area contributed by atoms with Crippen LogP contribution in [0.3, 0.4) is 0 Å². The largest absolute Gasteiger partial charge is 0.379 e. The molecule has 2 amide bonds. The van der Waals surface area contributed by atoms with Crippen molar-refractivity contribution in [1.82, 2.24) is 10.2 Å². The first kappa shape index (κ1) is 22.8. The van der Waals surface area contributed by atoms with Gasteiger partial charge < -0.3 is 20.3 Å². The van der Waals surface area contributed by atoms with Gasteiger partial charge in [-0.15, -0.1) is 0 Å². The molecule has 1 aliphatic rings. The summed E-state index contributed by atoms with van der Waals surface area (Å²) in [5, 5.41) is 5.58. The summed E-state index contributed by atoms with van der Waals surface area (Å²) in [6.45, 7) is 7.05. The molecule has 1 fully saturated rings. The number of nitrogens with one attached hydrogen (secondary N) is 2. The van der Waals surface area contributed by atoms with E-state index in [1.54, 1.807) is 0 Å². The fourth-order valence-corrected chi connectivity index (χ4v) is 3.79. The van der Waals surface area contributed by atoms with Crippen LogP contribution in [0.2, 0.25) is 0 Å². The van der Waals surface area contributed by atoms with Crippen molar-refractivity contribution in [3.63, 3.8) is 0 Å². The lowest BCUT2D eigenvalue weighted by atomic mass is 10.0. The minimum Gasteiger partial charge on any atom is -0.379 e. The molecule has 3 rings (SSSR count). The van der Waals surface area contributed by atoms with E-state index >= 15 is 0 Å². The van der Waals surface area contributed by atoms with Crippen molar-refractivity contribution in [3.8, 4) is 0 Å². The maximum Gasteiger partial charge on any atom is 0.313 e. The number of hydrogen-bond donors (Lipinski definition) is 2. The quantitative estimate of drug-likeness (QED) is 0.697. The van der Waals surface area contributed by atoms with Gasteiger partial charge in [0.1, 0.15) is 0 Å². The van der Waals surface area contributed by atoms with E-state index in [4.69, 9.17) is 4.74 Å². The SMILES string of the molecule is Cc1cccc(C)c1NC(=O)C(=O)NCC(c1ccc(N(C)C)cc1)N1CCOCC1. The first-order valence-corrected chi connectivity index (χ1v) is 10.6. The Balaban J connectivity index is 1.69. The zero-order valence-corrected chi connectivity index (χ0v) is 18.8. The van der Waals surface area contributed by atoms with Crippen molar-refractivity contribution in [2.75, 3.05) is 57.2 Å². The molecule has 0 saturated carbocycles. The number of benzene rings is 2. The molecule has 0 bridgehead atoms. The van der Waals surface area contributed by atoms with Crippen molar-refractivity contribution in [3.05, 3.63) is 59.2 Å². The van der Waals surface area contributed by atoms with Crippen molar-refractivity contribution < 1.29 is 14.3 Å². The van der Waals surface area contributed by atoms with Gasteiger partial charge in [-0.05, 0) is 42.7 Å². The lowest BCUT2D eigenvalue weighted by molar-refractivity contribution is -0.136. The van der Waals surface area contributed by atoms with Gasteiger partial charge >= 0.3 is 11.8 Å². The van der Waals surface area contributed by atoms with E-state index in [1.807, 2.05) is 51.0 Å². The van der Waals surface area contributed by atoms with Gasteiger partial charge in [-0.25, -0.2) is 0 Å². The fourth-order valence-electron chi connectivity index (χ4n) is 3.79. The summed E-state index contributed by atoms with van der Waals surface area (Å²) in [7, 11) is 4.01. The summed E-state index contributed by atoms with van der Waals surface area (Å²) < 4.78 is 5.49. The van der Waals surface area contributed by atoms with Gasteiger partial charge in [0.2, 0.25) is 0 Å². The number of aryl methyl sites for hydroxylation is 2. The van der Waals surface area contributed by atoms with Crippen molar-refractivity contribution in [2.45, 2.75) is 19.9 Å². The van der Waals surface area contributed by atoms with E-state index in [0.29, 0.717) is 25.4 Å². The van der Waals surface area contributed by atoms with Crippen molar-refractivity contribution in [2.24, 2.45) is 0 Å². The highest BCUT2D eigenvalue weighted by Crippen LogP contribution is 2.24. The fraction of sp³-hybridized carbons (Fsp3) is 0.417. The second-order valence-electron chi connectivity index (χ2n) is 8.08. The van der Waals surface area contributed by atoms with Crippen molar-refractivity contribution in [1.29, 1.82) is 0 Å². The minimum atomic E-state index is -0.652. The van der Waals surface area contributed by atoms with E-state index in [2.05, 4.69) is 39.8 Å². The number of rotatable bonds is 6. The number of ether oxygens (including phenoxy) is 1. The molecule has 7 heteroatoms. The second kappa shape index (κ2) is 10.4. The number of para-hydroxylation sites is 1. The maximum absolute atomic E-state index is 12.6. The summed E-state index contributed by atoms with van der Waals surface area (Å²) in [5.74, 6) is -1.29. The van der Waals surface area contributed by atoms with Gasteiger partial charge in [-0.2, -0.15) is 0 Å². The summed E-state index contributed by atoms with van der Waals surface area (Å²) in [4.78, 5) is 29.4. The van der Waals surface area contributed by atoms with Gasteiger partial charge in [-0.3, -0.25) is 14.5 Å². The predicted octanol–water partition coefficient (Wildman–Crippen LogP) is 2.50. The monoisotopic (exact) mass is 424 g/mol. The minimum absolute atomic E-state index is 0.0305. The van der Waals surface area contributed by atoms with Crippen LogP contribution in [0, 0.1) is 13.8 Å². The Labute approximate surface area is 184 Å². The highest BCUT2D eigenvalue weighted by Gasteiger charge is 2.25. The molecular weight excluding hydrogens is 392 g/mol. The second-order valence-corrected chi connectivity index (χ2v) is 8.08. The van der Waals surface area contributed by atoms with E-state index in [9.17, 15) is 9.59 Å². The number of hydrogen-bond acceptors (Lipinski definition) is 5. The van der Waals surface area contributed by atoms with E-state index < -0.39 is 11.8 Å². The van der Waals surface area contributed by atoms with E-state index in [0.717, 1.165) is 35.5 Å². The van der Waals surface area contributed by atoms with Crippen molar-refractivity contribution >= 4 is 23.2 Å². The van der Waals surface area contributed by atoms with Crippen LogP contribution in [0.1, 0.15) is 22.7 Å². The Morgan fingerprint density at radius 1 is 1.00 bits per heavy atom. The molecule has 1 saturated heterocycles. The third-order valence-corrected chi connectivity index (χ3v) is 5.66. The molecule has 0 spiro atoms. The number of carbonyl (C=O) groups is 2. The zero-order valence-electron chi connectivity index (χ0n) is 18.8. The molecule has 1 aliphatic heterocycles. The number of anilines is 2. The van der Waals surface area contributed by atoms with Crippen LogP contribution in [-0.2, 0) is 14.3 Å². The molecule has 2 aromatic carbocycles. The molecule has 2 aromatic rings. The van der Waals surface area contributed by atoms with Crippen LogP contribution in [0.4, 0.5) is 11.4 Å². The molecule has 0 aromatic heterocycles. The Kier molecular flexibility index (Phi) is 7.65. The van der Waals surface area contributed by atoms with Gasteiger partial charge in [0.05, 0.1) is 19.3 Å². The Morgan fingerprint density at radius 2 is 1.61 bits per heavy atom. The number of amides is 2. The summed E-state index contributed by atoms with van der Waals surface area (Å²) in [6.07, 6.45) is 0. The molecule has 1 atom stereocenters. The zero-order chi connectivity index (χ0) is 22.4. The average Bonchev–Trinajstić information content (AvgIpc) is 2.77. The van der Waals surface area contributed by atoms with E-state index in [1.165, 1.54) is 0 Å². The van der Waals surface area contributed by atoms with Gasteiger partial charge in [0.25, 0.3) is 0 Å². The van der Waals surface area contributed by atoms with Gasteiger partial charge in [-0.1, -0.05) is 30.3 Å². The number of carbonyl (C=O) groups excluding carboxylic acids is 2. The predicted molar refractivity (Wildman–Crippen MR) is 123 cm³/mol. The molecule has 0 radical (unpaired) electrons. The average molecular weight is 425 g/mol. The smallest absolute Gasteiger partial charge is 0.313 e. The van der Waals surface area contributed by atoms with Crippen LogP contribution in [0.15, 0.2) is 42.5 Å². The van der Waals surface area contributed by atoms with Crippen LogP contribution >= 0.6 is 0 Å². The van der Waals surface area contributed by atoms with Gasteiger partial charge in [0.15, 0.2) is 0 Å². The Bertz CT molecular complexity index is 885. The first-order valence-electron chi connectivity index (χ1n) is 10.6. The van der Waals surface area contributed by atoms with Crippen LogP contribution in [0.5, 0.6) is 0 Å². The van der Waals surface area contributed by atoms with Crippen LogP contribution in [-0.4, -0.2) is 63.7 Å². The molecule has 1 heterocycles. The van der Waals surface area contributed by atoms with Crippen LogP contribution in [0.25, 0.3) is 0 Å². The standard InChI is InChI=1S/C24H32N4O3/c1-17-6-5-7-18(2)22(17)26-24(30)23(29)25-16-21(28-12-14-31-15-13-28)19-8-10-20(11-9-19)27(3)4/h5-11,21H,12-16H2,1-4H3,(H,25,29)(H,26,30). The topological polar surface area (TPSA) is 73.9 Å². The molecule has 2 N–H and O–H groups in total. The third-order valence-electron chi connectivity index (χ3n) is 5.66. The lowest BCUT2D eigenvalue weighted by Gasteiger charge is -2.35. The summed E-state index contributed by atoms with van der Waals surface area (Å²) >= 11 is 0. The normalized spacial score (nSPS) is 15.2. The maximum atomic E-state index is 12.6. The first-order chi connectivity index (χ1) is 14.9. The highest BCUT2D eigenvalue weighted by molar-refractivity contribution is 6.39. The highest BCUT2D eigenvalue weighted by atomic mass is 16.5. The van der Waals surface area contributed by atoms with Crippen LogP contribution < -0.4 is 15.5 Å². The van der Waals surface area contributed by atoms with Gasteiger partial charge in [0, 0.05) is 45.1 Å². The molecule has 1 unspecified atom stereocenters. The number of nitrogens with zero attached hydrogens (tertiary/aromatic N) is 2.